The number of benzene rings is 8. The highest BCUT2D eigenvalue weighted by Crippen LogP contribution is 2.70. The summed E-state index contributed by atoms with van der Waals surface area (Å²) in [4.78, 5) is -0.226. The van der Waals surface area contributed by atoms with E-state index >= 15 is 0 Å². The van der Waals surface area contributed by atoms with Crippen molar-refractivity contribution in [2.24, 2.45) is 0 Å². The van der Waals surface area contributed by atoms with E-state index in [1.54, 1.807) is 0 Å². The number of hydrogen-bond acceptors (Lipinski definition) is 32. The number of phenols is 30. The minimum Gasteiger partial charge on any atom is -0.506 e. The molecule has 0 atom stereocenters. The lowest BCUT2D eigenvalue weighted by atomic mass is 9.85. The first-order valence-electron chi connectivity index (χ1n) is 21.5. The molecule has 30 N–H and O–H groups in total. The summed E-state index contributed by atoms with van der Waals surface area (Å²) in [5.74, 6) is -52.0. The monoisotopic (exact) mass is 1130 g/mol. The molecule has 0 saturated carbocycles. The van der Waals surface area contributed by atoms with Gasteiger partial charge in [-0.3, -0.25) is 4.90 Å². The van der Waals surface area contributed by atoms with Gasteiger partial charge in [0.2, 0.25) is 69.0 Å². The average Bonchev–Trinajstić information content (AvgIpc) is 2.30. The summed E-state index contributed by atoms with van der Waals surface area (Å²) >= 11 is 0. The van der Waals surface area contributed by atoms with Crippen LogP contribution in [-0.2, 0) is 0 Å². The number of fused-ring (bicyclic) bond motifs is 3. The van der Waals surface area contributed by atoms with Crippen molar-refractivity contribution in [1.29, 1.82) is 0 Å². The molecule has 8 aromatic carbocycles. The van der Waals surface area contributed by atoms with Crippen molar-refractivity contribution >= 4 is 52.3 Å². The lowest BCUT2D eigenvalue weighted by Crippen LogP contribution is -2.13. The van der Waals surface area contributed by atoms with E-state index in [0.29, 0.717) is 0 Å². The predicted octanol–water partition coefficient (Wildman–Crippen LogP) is 3.69. The van der Waals surface area contributed by atoms with Gasteiger partial charge in [0.05, 0.1) is 27.6 Å². The minimum absolute atomic E-state index is 0.174. The molecule has 0 unspecified atom stereocenters. The fraction of sp³-hybridized carbons (Fsp3) is 0. The van der Waals surface area contributed by atoms with Gasteiger partial charge in [-0.1, -0.05) is 0 Å². The molecule has 81 heavy (non-hydrogen) atoms. The number of hydrogen-bond donors (Lipinski definition) is 30. The van der Waals surface area contributed by atoms with Gasteiger partial charge in [-0.2, -0.15) is 0 Å². The first kappa shape index (κ1) is 53.3. The van der Waals surface area contributed by atoms with Crippen LogP contribution < -0.4 is 10.4 Å². The number of anilines is 3. The van der Waals surface area contributed by atoms with E-state index < -0.39 is 261 Å². The summed E-state index contributed by atoms with van der Waals surface area (Å²) in [5, 5.41) is 331. The SMILES string of the molecule is [B]c1c(O)c(O)c(O)c2oc3c(O)c(O)c(O)c(N(c4c(O)cc(-c5c(O)c(O)c(O)c(O)c5O)c(O)c4O)c4c(O)c(O)c(-c5c(O)c(O)c(-c6cc(O)c(O)c(O)c6O)c(-c6c(O)c(O)c(O)c(O)c6O)c5O)c(O)c4O)c3c12. The van der Waals surface area contributed by atoms with Crippen molar-refractivity contribution in [1.82, 2.24) is 0 Å². The Labute approximate surface area is 443 Å². The Hall–Kier alpha value is -12.6. The van der Waals surface area contributed by atoms with Crippen LogP contribution in [0.5, 0.6) is 172 Å². The van der Waals surface area contributed by atoms with Gasteiger partial charge in [0.1, 0.15) is 36.4 Å². The third-order valence-corrected chi connectivity index (χ3v) is 12.9. The topological polar surface area (TPSA) is 623 Å². The Bertz CT molecular complexity index is 4290. The summed E-state index contributed by atoms with van der Waals surface area (Å²) in [5.41, 5.74) is -20.5. The molecule has 9 rings (SSSR count). The normalized spacial score (nSPS) is 11.5. The molecule has 32 nitrogen and oxygen atoms in total. The third-order valence-electron chi connectivity index (χ3n) is 12.9. The molecular weight excluding hydrogens is 1100 g/mol. The summed E-state index contributed by atoms with van der Waals surface area (Å²) in [6.45, 7) is 0. The smallest absolute Gasteiger partial charge is 0.208 e. The summed E-state index contributed by atoms with van der Waals surface area (Å²) in [7, 11) is 6.08. The zero-order valence-electron chi connectivity index (χ0n) is 39.0. The second kappa shape index (κ2) is 17.2. The van der Waals surface area contributed by atoms with Crippen molar-refractivity contribution < 1.29 is 158 Å². The van der Waals surface area contributed by atoms with Crippen LogP contribution in [0, 0.1) is 0 Å². The van der Waals surface area contributed by atoms with Gasteiger partial charge in [0, 0.05) is 27.6 Å². The fourth-order valence-electron chi connectivity index (χ4n) is 9.04. The number of nitrogens with zero attached hydrogens (tertiary/aromatic N) is 1. The van der Waals surface area contributed by atoms with Crippen LogP contribution in [0.4, 0.5) is 17.1 Å². The van der Waals surface area contributed by atoms with Crippen LogP contribution in [0.2, 0.25) is 0 Å². The third kappa shape index (κ3) is 6.71. The highest BCUT2D eigenvalue weighted by atomic mass is 16.4. The standard InChI is InChI=1S/C48H32BNO31/c49-15-10-11-17(33(67)42(76)46(80)48(11)81-47(10)45(79)41(75)31(15)65)50(16-5(51)1-4(19(53)32(16)66)8-24(58)37(71)43(77)38(72)25(8)59)18-34(68)27(61)14(28(62)35(18)69)13-22(56)9(12-29(63)39(73)44(78)40(74)30(12)64)7(23(57)26(13)60)3-2-6(52)21(55)36(70)20(3)54/h1-2,51-80H. The number of rotatable bonds is 7. The summed E-state index contributed by atoms with van der Waals surface area (Å²) in [6, 6.07) is 0.438. The van der Waals surface area contributed by atoms with E-state index in [0.717, 1.165) is 0 Å². The Morgan fingerprint density at radius 1 is 0.235 bits per heavy atom. The lowest BCUT2D eigenvalue weighted by Gasteiger charge is -2.31. The molecule has 0 aliphatic rings. The first-order chi connectivity index (χ1) is 37.7. The van der Waals surface area contributed by atoms with Crippen LogP contribution >= 0.6 is 0 Å². The number of phenolic OH excluding ortho intramolecular Hbond substituents is 30. The van der Waals surface area contributed by atoms with Crippen molar-refractivity contribution in [3.63, 3.8) is 0 Å². The zero-order valence-corrected chi connectivity index (χ0v) is 39.0. The molecule has 418 valence electrons. The van der Waals surface area contributed by atoms with Crippen LogP contribution in [0.3, 0.4) is 0 Å². The van der Waals surface area contributed by atoms with Gasteiger partial charge in [-0.25, -0.2) is 0 Å². The number of aromatic hydroxyl groups is 30. The van der Waals surface area contributed by atoms with E-state index in [1.807, 2.05) is 0 Å². The van der Waals surface area contributed by atoms with Gasteiger partial charge in [0.25, 0.3) is 0 Å². The molecule has 1 aromatic heterocycles. The molecule has 0 saturated heterocycles. The largest absolute Gasteiger partial charge is 0.506 e. The Kier molecular flexibility index (Phi) is 11.3. The Morgan fingerprint density at radius 2 is 0.543 bits per heavy atom. The van der Waals surface area contributed by atoms with E-state index in [-0.39, 0.29) is 17.0 Å². The van der Waals surface area contributed by atoms with Gasteiger partial charge in [0.15, 0.2) is 103 Å². The molecule has 0 amide bonds. The second-order valence-corrected chi connectivity index (χ2v) is 17.2. The minimum atomic E-state index is -2.11. The lowest BCUT2D eigenvalue weighted by molar-refractivity contribution is 0.329. The maximum Gasteiger partial charge on any atom is 0.208 e. The van der Waals surface area contributed by atoms with Crippen molar-refractivity contribution in [2.45, 2.75) is 0 Å². The van der Waals surface area contributed by atoms with Gasteiger partial charge in [-0.05, 0) is 17.6 Å². The van der Waals surface area contributed by atoms with Gasteiger partial charge >= 0.3 is 0 Å². The molecule has 0 aliphatic carbocycles. The second-order valence-electron chi connectivity index (χ2n) is 17.2. The quantitative estimate of drug-likeness (QED) is 0.0614. The van der Waals surface area contributed by atoms with Gasteiger partial charge < -0.3 is 158 Å². The van der Waals surface area contributed by atoms with E-state index in [2.05, 4.69) is 0 Å². The zero-order chi connectivity index (χ0) is 60.3. The maximum absolute atomic E-state index is 12.2. The molecule has 1 heterocycles. The molecule has 0 aliphatic heterocycles. The van der Waals surface area contributed by atoms with Crippen molar-refractivity contribution in [2.75, 3.05) is 4.90 Å². The molecule has 33 heteroatoms. The molecule has 0 spiro atoms. The molecular formula is C48H32BNO31. The van der Waals surface area contributed by atoms with Crippen LogP contribution in [0.15, 0.2) is 16.5 Å². The first-order valence-corrected chi connectivity index (χ1v) is 21.5. The summed E-state index contributed by atoms with van der Waals surface area (Å²) < 4.78 is 5.44. The van der Waals surface area contributed by atoms with E-state index in [9.17, 15) is 153 Å². The number of furan rings is 1. The summed E-state index contributed by atoms with van der Waals surface area (Å²) in [6.07, 6.45) is 0. The maximum atomic E-state index is 12.2. The Balaban J connectivity index is 1.48. The highest BCUT2D eigenvalue weighted by molar-refractivity contribution is 6.45. The highest BCUT2D eigenvalue weighted by Gasteiger charge is 2.43. The predicted molar refractivity (Wildman–Crippen MR) is 265 cm³/mol. The van der Waals surface area contributed by atoms with Crippen molar-refractivity contribution in [3.8, 4) is 217 Å². The van der Waals surface area contributed by atoms with Crippen LogP contribution in [0.25, 0.3) is 66.4 Å². The molecule has 2 radical (unpaired) electrons. The molecule has 0 fully saturated rings. The fourth-order valence-corrected chi connectivity index (χ4v) is 9.04. The average molecular weight is 1130 g/mol. The van der Waals surface area contributed by atoms with E-state index in [1.165, 1.54) is 0 Å². The van der Waals surface area contributed by atoms with Crippen LogP contribution in [-0.4, -0.2) is 161 Å². The van der Waals surface area contributed by atoms with Crippen molar-refractivity contribution in [3.05, 3.63) is 12.1 Å². The van der Waals surface area contributed by atoms with Gasteiger partial charge in [-0.15, -0.1) is 0 Å². The Morgan fingerprint density at radius 3 is 1.05 bits per heavy atom. The molecule has 9 aromatic rings. The van der Waals surface area contributed by atoms with Crippen LogP contribution in [0.1, 0.15) is 0 Å². The molecule has 0 bridgehead atoms. The van der Waals surface area contributed by atoms with E-state index in [4.69, 9.17) is 12.3 Å².